The van der Waals surface area contributed by atoms with Crippen LogP contribution in [-0.4, -0.2) is 34.4 Å². The molecule has 1 N–H and O–H groups in total. The monoisotopic (exact) mass is 241 g/mol. The molecule has 5 heteroatoms. The Morgan fingerprint density at radius 3 is 2.75 bits per heavy atom. The number of hydrogen-bond acceptors (Lipinski definition) is 4. The number of morpholine rings is 1. The van der Waals surface area contributed by atoms with Gasteiger partial charge in [-0.3, -0.25) is 0 Å². The van der Waals surface area contributed by atoms with Crippen LogP contribution in [0.5, 0.6) is 0 Å². The molecule has 1 fully saturated rings. The molecule has 1 heterocycles. The molecule has 1 unspecified atom stereocenters. The van der Waals surface area contributed by atoms with Gasteiger partial charge in [0.15, 0.2) is 9.84 Å². The molecule has 0 bridgehead atoms. The standard InChI is InChI=1S/C11H15NO3S/c1-16(13,14)11-5-3-2-4-9(11)10-8-12-6-7-15-10/h2-5,10,12H,6-8H2,1H3. The third-order valence-corrected chi connectivity index (χ3v) is 3.76. The molecule has 1 atom stereocenters. The zero-order chi connectivity index (χ0) is 11.6. The molecule has 2 rings (SSSR count). The molecule has 0 aromatic heterocycles. The van der Waals surface area contributed by atoms with Gasteiger partial charge in [0, 0.05) is 24.9 Å². The molecule has 0 aliphatic carbocycles. The van der Waals surface area contributed by atoms with Crippen molar-refractivity contribution in [2.75, 3.05) is 26.0 Å². The molecule has 0 radical (unpaired) electrons. The molecule has 16 heavy (non-hydrogen) atoms. The molecule has 0 amide bonds. The Balaban J connectivity index is 2.40. The van der Waals surface area contributed by atoms with E-state index in [-0.39, 0.29) is 6.10 Å². The summed E-state index contributed by atoms with van der Waals surface area (Å²) < 4.78 is 28.8. The van der Waals surface area contributed by atoms with Gasteiger partial charge in [0.1, 0.15) is 0 Å². The van der Waals surface area contributed by atoms with E-state index >= 15 is 0 Å². The lowest BCUT2D eigenvalue weighted by atomic mass is 10.1. The second-order valence-electron chi connectivity index (χ2n) is 3.87. The quantitative estimate of drug-likeness (QED) is 0.830. The van der Waals surface area contributed by atoms with E-state index in [2.05, 4.69) is 5.32 Å². The van der Waals surface area contributed by atoms with Crippen LogP contribution < -0.4 is 5.32 Å². The van der Waals surface area contributed by atoms with Crippen molar-refractivity contribution in [3.63, 3.8) is 0 Å². The molecule has 0 saturated carbocycles. The third kappa shape index (κ3) is 2.42. The van der Waals surface area contributed by atoms with Crippen LogP contribution in [0.3, 0.4) is 0 Å². The first kappa shape index (κ1) is 11.6. The molecule has 1 aromatic carbocycles. The molecular formula is C11H15NO3S. The minimum Gasteiger partial charge on any atom is -0.371 e. The molecule has 1 aromatic rings. The number of nitrogens with one attached hydrogen (secondary N) is 1. The Hall–Kier alpha value is -0.910. The lowest BCUT2D eigenvalue weighted by Gasteiger charge is -2.25. The van der Waals surface area contributed by atoms with Crippen molar-refractivity contribution < 1.29 is 13.2 Å². The summed E-state index contributed by atoms with van der Waals surface area (Å²) in [5.74, 6) is 0. The second-order valence-corrected chi connectivity index (χ2v) is 5.86. The molecule has 1 aliphatic rings. The van der Waals surface area contributed by atoms with Crippen LogP contribution in [0.2, 0.25) is 0 Å². The zero-order valence-electron chi connectivity index (χ0n) is 9.14. The topological polar surface area (TPSA) is 55.4 Å². The van der Waals surface area contributed by atoms with Gasteiger partial charge < -0.3 is 10.1 Å². The van der Waals surface area contributed by atoms with Gasteiger partial charge in [-0.25, -0.2) is 8.42 Å². The molecule has 0 spiro atoms. The summed E-state index contributed by atoms with van der Waals surface area (Å²) in [5, 5.41) is 3.19. The van der Waals surface area contributed by atoms with E-state index in [0.717, 1.165) is 12.1 Å². The number of benzene rings is 1. The van der Waals surface area contributed by atoms with Crippen LogP contribution in [0.15, 0.2) is 29.2 Å². The van der Waals surface area contributed by atoms with E-state index in [9.17, 15) is 8.42 Å². The SMILES string of the molecule is CS(=O)(=O)c1ccccc1C1CNCCO1. The Labute approximate surface area is 95.5 Å². The van der Waals surface area contributed by atoms with Gasteiger partial charge in [0.05, 0.1) is 17.6 Å². The van der Waals surface area contributed by atoms with Gasteiger partial charge in [0.25, 0.3) is 0 Å². The van der Waals surface area contributed by atoms with Gasteiger partial charge >= 0.3 is 0 Å². The molecular weight excluding hydrogens is 226 g/mol. The van der Waals surface area contributed by atoms with Gasteiger partial charge in [-0.1, -0.05) is 18.2 Å². The Morgan fingerprint density at radius 1 is 1.38 bits per heavy atom. The predicted molar refractivity (Wildman–Crippen MR) is 61.1 cm³/mol. The molecule has 1 aliphatic heterocycles. The molecule has 1 saturated heterocycles. The number of sulfone groups is 1. The lowest BCUT2D eigenvalue weighted by Crippen LogP contribution is -2.33. The van der Waals surface area contributed by atoms with Crippen LogP contribution in [0.25, 0.3) is 0 Å². The Morgan fingerprint density at radius 2 is 2.12 bits per heavy atom. The average Bonchev–Trinajstić information content (AvgIpc) is 2.29. The van der Waals surface area contributed by atoms with Crippen molar-refractivity contribution in [1.82, 2.24) is 5.32 Å². The summed E-state index contributed by atoms with van der Waals surface area (Å²) in [7, 11) is -3.19. The fourth-order valence-corrected chi connectivity index (χ4v) is 2.80. The van der Waals surface area contributed by atoms with Crippen molar-refractivity contribution >= 4 is 9.84 Å². The van der Waals surface area contributed by atoms with Gasteiger partial charge in [0.2, 0.25) is 0 Å². The maximum atomic E-state index is 11.6. The maximum Gasteiger partial charge on any atom is 0.175 e. The summed E-state index contributed by atoms with van der Waals surface area (Å²) in [6, 6.07) is 7.01. The number of rotatable bonds is 2. The van der Waals surface area contributed by atoms with Crippen molar-refractivity contribution in [1.29, 1.82) is 0 Å². The zero-order valence-corrected chi connectivity index (χ0v) is 9.96. The van der Waals surface area contributed by atoms with E-state index in [1.165, 1.54) is 6.26 Å². The van der Waals surface area contributed by atoms with E-state index < -0.39 is 9.84 Å². The third-order valence-electron chi connectivity index (χ3n) is 2.59. The summed E-state index contributed by atoms with van der Waals surface area (Å²) in [4.78, 5) is 0.365. The van der Waals surface area contributed by atoms with Gasteiger partial charge in [-0.2, -0.15) is 0 Å². The van der Waals surface area contributed by atoms with Crippen molar-refractivity contribution in [3.8, 4) is 0 Å². The van der Waals surface area contributed by atoms with Crippen molar-refractivity contribution in [3.05, 3.63) is 29.8 Å². The first-order chi connectivity index (χ1) is 7.59. The minimum atomic E-state index is -3.19. The number of ether oxygens (including phenoxy) is 1. The van der Waals surface area contributed by atoms with Crippen molar-refractivity contribution in [2.24, 2.45) is 0 Å². The van der Waals surface area contributed by atoms with E-state index in [1.54, 1.807) is 12.1 Å². The largest absolute Gasteiger partial charge is 0.371 e. The highest BCUT2D eigenvalue weighted by Gasteiger charge is 2.22. The fourth-order valence-electron chi connectivity index (χ4n) is 1.85. The van der Waals surface area contributed by atoms with Crippen LogP contribution in [-0.2, 0) is 14.6 Å². The highest BCUT2D eigenvalue weighted by atomic mass is 32.2. The first-order valence-corrected chi connectivity index (χ1v) is 7.09. The van der Waals surface area contributed by atoms with Crippen LogP contribution in [0.4, 0.5) is 0 Å². The maximum absolute atomic E-state index is 11.6. The Bertz CT molecular complexity index is 464. The van der Waals surface area contributed by atoms with Crippen LogP contribution >= 0.6 is 0 Å². The van der Waals surface area contributed by atoms with Crippen molar-refractivity contribution in [2.45, 2.75) is 11.0 Å². The Kier molecular flexibility index (Phi) is 3.28. The average molecular weight is 241 g/mol. The first-order valence-electron chi connectivity index (χ1n) is 5.20. The van der Waals surface area contributed by atoms with E-state index in [1.807, 2.05) is 12.1 Å². The van der Waals surface area contributed by atoms with Gasteiger partial charge in [-0.15, -0.1) is 0 Å². The molecule has 4 nitrogen and oxygen atoms in total. The molecule has 88 valence electrons. The second kappa shape index (κ2) is 4.53. The smallest absolute Gasteiger partial charge is 0.175 e. The predicted octanol–water partition coefficient (Wildman–Crippen LogP) is 0.751. The minimum absolute atomic E-state index is 0.167. The van der Waals surface area contributed by atoms with E-state index in [0.29, 0.717) is 18.0 Å². The van der Waals surface area contributed by atoms with Crippen LogP contribution in [0, 0.1) is 0 Å². The van der Waals surface area contributed by atoms with Crippen LogP contribution in [0.1, 0.15) is 11.7 Å². The summed E-state index contributed by atoms with van der Waals surface area (Å²) in [6.45, 7) is 2.09. The summed E-state index contributed by atoms with van der Waals surface area (Å²) in [6.07, 6.45) is 1.06. The normalized spacial score (nSPS) is 21.9. The van der Waals surface area contributed by atoms with Gasteiger partial charge in [-0.05, 0) is 6.07 Å². The highest BCUT2D eigenvalue weighted by molar-refractivity contribution is 7.90. The lowest BCUT2D eigenvalue weighted by molar-refractivity contribution is 0.0260. The number of hydrogen-bond donors (Lipinski definition) is 1. The fraction of sp³-hybridized carbons (Fsp3) is 0.455. The summed E-state index contributed by atoms with van der Waals surface area (Å²) in [5.41, 5.74) is 0.747. The highest BCUT2D eigenvalue weighted by Crippen LogP contribution is 2.25. The summed E-state index contributed by atoms with van der Waals surface area (Å²) >= 11 is 0. The van der Waals surface area contributed by atoms with E-state index in [4.69, 9.17) is 4.74 Å².